The van der Waals surface area contributed by atoms with Gasteiger partial charge in [-0.25, -0.2) is 10.1 Å². The first-order valence-corrected chi connectivity index (χ1v) is 5.65. The van der Waals surface area contributed by atoms with Crippen LogP contribution in [-0.2, 0) is 9.73 Å². The molecule has 0 bridgehead atoms. The average molecular weight is 174 g/mol. The lowest BCUT2D eigenvalue weighted by Crippen LogP contribution is -2.16. The fourth-order valence-corrected chi connectivity index (χ4v) is 2.58. The molecule has 1 aliphatic heterocycles. The van der Waals surface area contributed by atoms with Crippen LogP contribution in [0.3, 0.4) is 0 Å². The molecule has 0 spiro atoms. The third-order valence-electron chi connectivity index (χ3n) is 2.02. The van der Waals surface area contributed by atoms with Gasteiger partial charge in [-0.05, 0) is 12.8 Å². The second-order valence-corrected chi connectivity index (χ2v) is 5.21. The number of nitrogens with zero attached hydrogens (tertiary/aromatic N) is 1. The van der Waals surface area contributed by atoms with Crippen LogP contribution in [0, 0.1) is 0 Å². The summed E-state index contributed by atoms with van der Waals surface area (Å²) in [6.45, 7) is 2.11. The Morgan fingerprint density at radius 2 is 2.55 bits per heavy atom. The van der Waals surface area contributed by atoms with E-state index >= 15 is 0 Å². The Labute approximate surface area is 67.8 Å². The van der Waals surface area contributed by atoms with E-state index in [0.29, 0.717) is 11.5 Å². The predicted molar refractivity (Wildman–Crippen MR) is 47.5 cm³/mol. The highest BCUT2D eigenvalue weighted by atomic mass is 32.2. The van der Waals surface area contributed by atoms with Crippen molar-refractivity contribution in [3.63, 3.8) is 0 Å². The minimum Gasteiger partial charge on any atom is -0.248 e. The molecule has 0 amide bonds. The molecule has 1 heterocycles. The summed E-state index contributed by atoms with van der Waals surface area (Å²) >= 11 is 0. The van der Waals surface area contributed by atoms with Crippen molar-refractivity contribution in [3.05, 3.63) is 11.6 Å². The smallest absolute Gasteiger partial charge is 0.0673 e. The van der Waals surface area contributed by atoms with Crippen LogP contribution in [0.15, 0.2) is 16.1 Å². The summed E-state index contributed by atoms with van der Waals surface area (Å²) in [5.74, 6) is 6.24. The first-order chi connectivity index (χ1) is 5.20. The fraction of sp³-hybridized carbons (Fsp3) is 0.714. The van der Waals surface area contributed by atoms with Gasteiger partial charge in [-0.15, -0.1) is 0 Å². The standard InChI is InChI=1S/C7H14N2OS/c1-2-7-3-5-11(10,9-8)6-4-7/h3H,2,4-6,8H2,1H3. The van der Waals surface area contributed by atoms with Gasteiger partial charge in [-0.1, -0.05) is 18.6 Å². The van der Waals surface area contributed by atoms with Gasteiger partial charge in [0.15, 0.2) is 0 Å². The van der Waals surface area contributed by atoms with Crippen LogP contribution >= 0.6 is 0 Å². The van der Waals surface area contributed by atoms with Crippen molar-refractivity contribution in [2.75, 3.05) is 11.5 Å². The first-order valence-electron chi connectivity index (χ1n) is 3.80. The summed E-state index contributed by atoms with van der Waals surface area (Å²) in [4.78, 5) is 0. The molecule has 11 heavy (non-hydrogen) atoms. The van der Waals surface area contributed by atoms with Crippen LogP contribution in [-0.4, -0.2) is 15.7 Å². The van der Waals surface area contributed by atoms with Crippen molar-refractivity contribution in [2.24, 2.45) is 10.3 Å². The van der Waals surface area contributed by atoms with Crippen molar-refractivity contribution in [2.45, 2.75) is 19.8 Å². The van der Waals surface area contributed by atoms with E-state index in [1.54, 1.807) is 0 Å². The molecule has 0 saturated heterocycles. The maximum atomic E-state index is 11.5. The Morgan fingerprint density at radius 3 is 2.91 bits per heavy atom. The maximum Gasteiger partial charge on any atom is 0.0673 e. The van der Waals surface area contributed by atoms with Gasteiger partial charge in [0, 0.05) is 5.75 Å². The number of hydrogen-bond donors (Lipinski definition) is 1. The lowest BCUT2D eigenvalue weighted by molar-refractivity contribution is 0.673. The molecule has 0 aliphatic carbocycles. The zero-order valence-electron chi connectivity index (χ0n) is 6.75. The molecule has 1 aliphatic rings. The Hall–Kier alpha value is -0.350. The second kappa shape index (κ2) is 3.36. The molecule has 0 fully saturated rings. The van der Waals surface area contributed by atoms with Gasteiger partial charge in [0.25, 0.3) is 0 Å². The van der Waals surface area contributed by atoms with Crippen molar-refractivity contribution >= 4 is 9.73 Å². The summed E-state index contributed by atoms with van der Waals surface area (Å²) in [6, 6.07) is 0. The minimum absolute atomic E-state index is 0.548. The number of nitrogens with two attached hydrogens (primary N) is 1. The Morgan fingerprint density at radius 1 is 1.82 bits per heavy atom. The number of allylic oxidation sites excluding steroid dienone is 1. The monoisotopic (exact) mass is 174 g/mol. The maximum absolute atomic E-state index is 11.5. The third-order valence-corrected chi connectivity index (χ3v) is 3.93. The van der Waals surface area contributed by atoms with Crippen LogP contribution in [0.5, 0.6) is 0 Å². The van der Waals surface area contributed by atoms with E-state index < -0.39 is 9.73 Å². The summed E-state index contributed by atoms with van der Waals surface area (Å²) < 4.78 is 14.9. The van der Waals surface area contributed by atoms with Crippen LogP contribution in [0.1, 0.15) is 19.8 Å². The van der Waals surface area contributed by atoms with E-state index in [1.165, 1.54) is 5.57 Å². The molecule has 1 atom stereocenters. The van der Waals surface area contributed by atoms with Crippen LogP contribution < -0.4 is 5.84 Å². The van der Waals surface area contributed by atoms with Crippen molar-refractivity contribution in [3.8, 4) is 0 Å². The van der Waals surface area contributed by atoms with Crippen molar-refractivity contribution in [1.82, 2.24) is 0 Å². The van der Waals surface area contributed by atoms with E-state index in [0.717, 1.165) is 12.8 Å². The highest BCUT2D eigenvalue weighted by Gasteiger charge is 2.13. The lowest BCUT2D eigenvalue weighted by atomic mass is 10.1. The Balaban J connectivity index is 2.77. The third kappa shape index (κ3) is 2.04. The molecule has 0 radical (unpaired) electrons. The van der Waals surface area contributed by atoms with E-state index in [1.807, 2.05) is 6.08 Å². The summed E-state index contributed by atoms with van der Waals surface area (Å²) in [7, 11) is -2.04. The molecule has 64 valence electrons. The molecule has 0 aromatic rings. The van der Waals surface area contributed by atoms with E-state index in [9.17, 15) is 4.21 Å². The van der Waals surface area contributed by atoms with Crippen LogP contribution in [0.2, 0.25) is 0 Å². The largest absolute Gasteiger partial charge is 0.248 e. The molecular formula is C7H14N2OS. The highest BCUT2D eigenvalue weighted by molar-refractivity contribution is 7.93. The normalized spacial score (nSPS) is 31.3. The van der Waals surface area contributed by atoms with Gasteiger partial charge in [-0.2, -0.15) is 4.47 Å². The molecule has 0 saturated carbocycles. The zero-order valence-corrected chi connectivity index (χ0v) is 7.56. The lowest BCUT2D eigenvalue weighted by Gasteiger charge is -2.14. The van der Waals surface area contributed by atoms with E-state index in [4.69, 9.17) is 5.84 Å². The van der Waals surface area contributed by atoms with Crippen LogP contribution in [0.4, 0.5) is 0 Å². The fourth-order valence-electron chi connectivity index (χ4n) is 1.14. The first kappa shape index (κ1) is 8.74. The quantitative estimate of drug-likeness (QED) is 0.367. The van der Waals surface area contributed by atoms with Gasteiger partial charge in [-0.3, -0.25) is 0 Å². The average Bonchev–Trinajstić information content (AvgIpc) is 2.06. The summed E-state index contributed by atoms with van der Waals surface area (Å²) in [6.07, 6.45) is 3.97. The number of rotatable bonds is 1. The van der Waals surface area contributed by atoms with Crippen molar-refractivity contribution < 1.29 is 4.21 Å². The number of hydrogen-bond acceptors (Lipinski definition) is 2. The van der Waals surface area contributed by atoms with Crippen molar-refractivity contribution in [1.29, 1.82) is 0 Å². The topological polar surface area (TPSA) is 55.5 Å². The van der Waals surface area contributed by atoms with Gasteiger partial charge in [0.1, 0.15) is 0 Å². The van der Waals surface area contributed by atoms with Crippen LogP contribution in [0.25, 0.3) is 0 Å². The van der Waals surface area contributed by atoms with Gasteiger partial charge < -0.3 is 0 Å². The molecule has 3 nitrogen and oxygen atoms in total. The Kier molecular flexibility index (Phi) is 2.67. The SMILES string of the molecule is CCC1=CCS(=O)(=NN)CC1. The minimum atomic E-state index is -2.04. The van der Waals surface area contributed by atoms with Gasteiger partial charge in [0.05, 0.1) is 15.5 Å². The second-order valence-electron chi connectivity index (χ2n) is 2.71. The van der Waals surface area contributed by atoms with Gasteiger partial charge >= 0.3 is 0 Å². The predicted octanol–water partition coefficient (Wildman–Crippen LogP) is 1.07. The molecule has 2 N–H and O–H groups in total. The Bertz CT molecular complexity index is 274. The molecule has 1 rings (SSSR count). The summed E-state index contributed by atoms with van der Waals surface area (Å²) in [5.41, 5.74) is 1.38. The molecular weight excluding hydrogens is 160 g/mol. The molecule has 0 aromatic carbocycles. The van der Waals surface area contributed by atoms with E-state index in [-0.39, 0.29) is 0 Å². The molecule has 0 aromatic heterocycles. The highest BCUT2D eigenvalue weighted by Crippen LogP contribution is 2.15. The van der Waals surface area contributed by atoms with E-state index in [2.05, 4.69) is 11.4 Å². The summed E-state index contributed by atoms with van der Waals surface area (Å²) in [5, 5.41) is 0. The molecule has 1 unspecified atom stereocenters. The molecule has 4 heteroatoms. The van der Waals surface area contributed by atoms with Gasteiger partial charge in [0.2, 0.25) is 0 Å². The zero-order chi connectivity index (χ0) is 8.32.